The molecule has 1 N–H and O–H groups in total. The van der Waals surface area contributed by atoms with Crippen LogP contribution in [0.1, 0.15) is 12.5 Å². The van der Waals surface area contributed by atoms with E-state index in [0.29, 0.717) is 28.9 Å². The quantitative estimate of drug-likeness (QED) is 0.702. The summed E-state index contributed by atoms with van der Waals surface area (Å²) in [5, 5.41) is 11.7. The van der Waals surface area contributed by atoms with Crippen molar-refractivity contribution >= 4 is 23.2 Å². The van der Waals surface area contributed by atoms with E-state index in [2.05, 4.69) is 15.5 Å². The van der Waals surface area contributed by atoms with Crippen LogP contribution in [0.3, 0.4) is 0 Å². The lowest BCUT2D eigenvalue weighted by Gasteiger charge is -2.08. The van der Waals surface area contributed by atoms with Crippen LogP contribution in [-0.4, -0.2) is 22.7 Å². The number of hydrogen-bond donors (Lipinski definition) is 1. The molecule has 0 unspecified atom stereocenters. The summed E-state index contributed by atoms with van der Waals surface area (Å²) in [4.78, 5) is 12.2. The Labute approximate surface area is 157 Å². The number of aromatic nitrogens is 2. The fraction of sp³-hybridized carbons (Fsp3) is 0.150. The molecule has 0 fully saturated rings. The summed E-state index contributed by atoms with van der Waals surface area (Å²) >= 11 is 5.86. The van der Waals surface area contributed by atoms with Gasteiger partial charge >= 0.3 is 0 Å². The normalized spacial score (nSPS) is 10.4. The van der Waals surface area contributed by atoms with Gasteiger partial charge < -0.3 is 10.1 Å². The maximum Gasteiger partial charge on any atom is 0.233 e. The first-order valence-corrected chi connectivity index (χ1v) is 8.63. The van der Waals surface area contributed by atoms with E-state index in [1.165, 1.54) is 0 Å². The number of nitrogens with one attached hydrogen (secondary N) is 1. The summed E-state index contributed by atoms with van der Waals surface area (Å²) < 4.78 is 5.30. The Morgan fingerprint density at radius 1 is 1.08 bits per heavy atom. The van der Waals surface area contributed by atoms with Crippen molar-refractivity contribution in [2.45, 2.75) is 13.3 Å². The van der Waals surface area contributed by atoms with E-state index in [1.54, 1.807) is 18.2 Å². The van der Waals surface area contributed by atoms with E-state index >= 15 is 0 Å². The van der Waals surface area contributed by atoms with E-state index in [0.717, 1.165) is 11.1 Å². The maximum atomic E-state index is 12.2. The fourth-order valence-corrected chi connectivity index (χ4v) is 2.57. The minimum Gasteiger partial charge on any atom is -0.477 e. The van der Waals surface area contributed by atoms with Gasteiger partial charge in [-0.05, 0) is 42.8 Å². The summed E-state index contributed by atoms with van der Waals surface area (Å²) in [7, 11) is 0. The summed E-state index contributed by atoms with van der Waals surface area (Å²) in [5.74, 6) is 0.394. The molecule has 3 rings (SSSR count). The van der Waals surface area contributed by atoms with Gasteiger partial charge in [0.25, 0.3) is 0 Å². The molecule has 1 heterocycles. The van der Waals surface area contributed by atoms with E-state index in [4.69, 9.17) is 16.3 Å². The van der Waals surface area contributed by atoms with Crippen molar-refractivity contribution < 1.29 is 9.53 Å². The van der Waals surface area contributed by atoms with Crippen molar-refractivity contribution in [1.82, 2.24) is 10.2 Å². The molecule has 5 nitrogen and oxygen atoms in total. The number of halogens is 1. The molecule has 0 aliphatic rings. The number of carbonyl (C=O) groups is 1. The number of benzene rings is 2. The van der Waals surface area contributed by atoms with Crippen LogP contribution in [0.2, 0.25) is 5.02 Å². The first-order valence-electron chi connectivity index (χ1n) is 8.25. The topological polar surface area (TPSA) is 64.1 Å². The van der Waals surface area contributed by atoms with Gasteiger partial charge in [0, 0.05) is 22.3 Å². The van der Waals surface area contributed by atoms with Crippen LogP contribution in [0.4, 0.5) is 5.69 Å². The molecule has 26 heavy (non-hydrogen) atoms. The molecule has 0 radical (unpaired) electrons. The summed E-state index contributed by atoms with van der Waals surface area (Å²) in [6, 6.07) is 18.3. The van der Waals surface area contributed by atoms with Gasteiger partial charge in [-0.2, -0.15) is 0 Å². The second kappa shape index (κ2) is 8.45. The Hall–Kier alpha value is -2.92. The van der Waals surface area contributed by atoms with Crippen molar-refractivity contribution in [3.63, 3.8) is 0 Å². The predicted octanol–water partition coefficient (Wildman–Crippen LogP) is 4.38. The molecule has 0 spiro atoms. The fourth-order valence-electron chi connectivity index (χ4n) is 2.45. The number of anilines is 1. The van der Waals surface area contributed by atoms with Crippen LogP contribution in [0.15, 0.2) is 60.7 Å². The second-order valence-corrected chi connectivity index (χ2v) is 6.06. The van der Waals surface area contributed by atoms with Crippen LogP contribution >= 0.6 is 11.6 Å². The van der Waals surface area contributed by atoms with E-state index in [-0.39, 0.29) is 12.3 Å². The number of rotatable bonds is 6. The number of hydrogen-bond acceptors (Lipinski definition) is 4. The van der Waals surface area contributed by atoms with Crippen molar-refractivity contribution in [3.05, 3.63) is 71.2 Å². The number of ether oxygens (including phenoxy) is 1. The summed E-state index contributed by atoms with van der Waals surface area (Å²) in [6.07, 6.45) is 0.282. The number of amides is 1. The van der Waals surface area contributed by atoms with Crippen molar-refractivity contribution in [1.29, 1.82) is 0 Å². The van der Waals surface area contributed by atoms with Crippen LogP contribution in [0.5, 0.6) is 5.88 Å². The third-order valence-electron chi connectivity index (χ3n) is 3.65. The third-order valence-corrected chi connectivity index (χ3v) is 3.90. The van der Waals surface area contributed by atoms with Crippen LogP contribution in [0.25, 0.3) is 11.3 Å². The van der Waals surface area contributed by atoms with Crippen LogP contribution in [-0.2, 0) is 11.2 Å². The monoisotopic (exact) mass is 367 g/mol. The zero-order valence-electron chi connectivity index (χ0n) is 14.3. The molecule has 0 aliphatic carbocycles. The third kappa shape index (κ3) is 4.80. The molecule has 0 saturated carbocycles. The predicted molar refractivity (Wildman–Crippen MR) is 102 cm³/mol. The molecule has 0 bridgehead atoms. The highest BCUT2D eigenvalue weighted by atomic mass is 35.5. The van der Waals surface area contributed by atoms with E-state index in [1.807, 2.05) is 49.4 Å². The molecular formula is C20H18ClN3O2. The van der Waals surface area contributed by atoms with Gasteiger partial charge in [0.1, 0.15) is 0 Å². The van der Waals surface area contributed by atoms with Gasteiger partial charge in [0.15, 0.2) is 0 Å². The molecular weight excluding hydrogens is 350 g/mol. The maximum absolute atomic E-state index is 12.2. The van der Waals surface area contributed by atoms with Crippen molar-refractivity contribution in [2.75, 3.05) is 11.9 Å². The Balaban J connectivity index is 1.68. The first-order chi connectivity index (χ1) is 12.6. The molecule has 0 saturated heterocycles. The SMILES string of the molecule is CCOc1ccc(-c2cccc(NC(=O)Cc3ccc(Cl)cc3)c2)nn1. The number of carbonyl (C=O) groups excluding carboxylic acids is 1. The summed E-state index contributed by atoms with van der Waals surface area (Å²) in [5.41, 5.74) is 3.18. The molecule has 3 aromatic rings. The minimum absolute atomic E-state index is 0.0951. The first kappa shape index (κ1) is 17.9. The van der Waals surface area contributed by atoms with Gasteiger partial charge in [-0.25, -0.2) is 0 Å². The molecule has 0 atom stereocenters. The van der Waals surface area contributed by atoms with Gasteiger partial charge in [-0.1, -0.05) is 35.9 Å². The molecule has 0 aliphatic heterocycles. The minimum atomic E-state index is -0.0951. The number of nitrogens with zero attached hydrogens (tertiary/aromatic N) is 2. The standard InChI is InChI=1S/C20H18ClN3O2/c1-2-26-20-11-10-18(23-24-20)15-4-3-5-17(13-15)22-19(25)12-14-6-8-16(21)9-7-14/h3-11,13H,2,12H2,1H3,(H,22,25). The Morgan fingerprint density at radius 2 is 1.88 bits per heavy atom. The second-order valence-electron chi connectivity index (χ2n) is 5.62. The lowest BCUT2D eigenvalue weighted by atomic mass is 10.1. The average Bonchev–Trinajstić information content (AvgIpc) is 2.65. The average molecular weight is 368 g/mol. The molecule has 6 heteroatoms. The highest BCUT2D eigenvalue weighted by molar-refractivity contribution is 6.30. The Morgan fingerprint density at radius 3 is 2.58 bits per heavy atom. The van der Waals surface area contributed by atoms with E-state index < -0.39 is 0 Å². The zero-order valence-corrected chi connectivity index (χ0v) is 15.0. The van der Waals surface area contributed by atoms with Gasteiger partial charge in [-0.15, -0.1) is 10.2 Å². The highest BCUT2D eigenvalue weighted by Crippen LogP contribution is 2.21. The van der Waals surface area contributed by atoms with Crippen LogP contribution in [0, 0.1) is 0 Å². The van der Waals surface area contributed by atoms with Gasteiger partial charge in [0.2, 0.25) is 11.8 Å². The highest BCUT2D eigenvalue weighted by Gasteiger charge is 2.07. The molecule has 132 valence electrons. The smallest absolute Gasteiger partial charge is 0.233 e. The van der Waals surface area contributed by atoms with Crippen LogP contribution < -0.4 is 10.1 Å². The molecule has 1 amide bonds. The van der Waals surface area contributed by atoms with Crippen molar-refractivity contribution in [3.8, 4) is 17.1 Å². The van der Waals surface area contributed by atoms with Gasteiger partial charge in [0.05, 0.1) is 18.7 Å². The summed E-state index contributed by atoms with van der Waals surface area (Å²) in [6.45, 7) is 2.44. The lowest BCUT2D eigenvalue weighted by molar-refractivity contribution is -0.115. The lowest BCUT2D eigenvalue weighted by Crippen LogP contribution is -2.14. The zero-order chi connectivity index (χ0) is 18.4. The Bertz CT molecular complexity index is 880. The van der Waals surface area contributed by atoms with E-state index in [9.17, 15) is 4.79 Å². The van der Waals surface area contributed by atoms with Crippen molar-refractivity contribution in [2.24, 2.45) is 0 Å². The molecule has 2 aromatic carbocycles. The Kier molecular flexibility index (Phi) is 5.81. The van der Waals surface area contributed by atoms with Gasteiger partial charge in [-0.3, -0.25) is 4.79 Å². The largest absolute Gasteiger partial charge is 0.477 e. The molecule has 1 aromatic heterocycles.